The molecule has 0 fully saturated rings. The number of hydrogen-bond acceptors (Lipinski definition) is 1. The summed E-state index contributed by atoms with van der Waals surface area (Å²) in [5, 5.41) is 1.56. The topological polar surface area (TPSA) is 33.5 Å². The predicted molar refractivity (Wildman–Crippen MR) is 112 cm³/mol. The minimum atomic E-state index is -4.96. The van der Waals surface area contributed by atoms with Gasteiger partial charge in [-0.15, -0.1) is 0 Å². The lowest BCUT2D eigenvalue weighted by Gasteiger charge is -2.13. The second-order valence-corrected chi connectivity index (χ2v) is 7.89. The number of pyridine rings is 1. The molecule has 188 valence electrons. The number of halogens is 10. The van der Waals surface area contributed by atoms with Crippen LogP contribution < -0.4 is 5.32 Å². The number of benzene rings is 2. The van der Waals surface area contributed by atoms with Crippen molar-refractivity contribution in [3.8, 4) is 11.3 Å². The third kappa shape index (κ3) is 4.72. The maximum atomic E-state index is 13.8. The second kappa shape index (κ2) is 8.77. The average Bonchev–Trinajstić information content (AvgIpc) is 3.17. The van der Waals surface area contributed by atoms with Crippen molar-refractivity contribution >= 4 is 28.7 Å². The molecule has 3 nitrogen and oxygen atoms in total. The van der Waals surface area contributed by atoms with Gasteiger partial charge in [-0.05, 0) is 42.0 Å². The third-order valence-electron chi connectivity index (χ3n) is 5.12. The fourth-order valence-electron chi connectivity index (χ4n) is 3.53. The van der Waals surface area contributed by atoms with Gasteiger partial charge in [-0.3, -0.25) is 9.20 Å². The highest BCUT2D eigenvalue weighted by Gasteiger charge is 2.38. The molecule has 0 bridgehead atoms. The Morgan fingerprint density at radius 1 is 0.778 bits per heavy atom. The molecule has 0 aliphatic carbocycles. The lowest BCUT2D eigenvalue weighted by Crippen LogP contribution is -2.14. The van der Waals surface area contributed by atoms with Crippen LogP contribution in [-0.4, -0.2) is 10.3 Å². The largest absolute Gasteiger partial charge is 0.418 e. The number of alkyl halides is 6. The first-order valence-electron chi connectivity index (χ1n) is 9.72. The maximum absolute atomic E-state index is 13.8. The number of aromatic nitrogens is 1. The van der Waals surface area contributed by atoms with Crippen molar-refractivity contribution < 1.29 is 44.3 Å². The van der Waals surface area contributed by atoms with Crippen LogP contribution in [0.4, 0.5) is 45.2 Å². The van der Waals surface area contributed by atoms with E-state index in [4.69, 9.17) is 11.6 Å². The number of fused-ring (bicyclic) bond motifs is 1. The highest BCUT2D eigenvalue weighted by atomic mass is 35.5. The molecule has 0 saturated carbocycles. The van der Waals surface area contributed by atoms with Gasteiger partial charge in [0, 0.05) is 17.3 Å². The van der Waals surface area contributed by atoms with Gasteiger partial charge in [-0.2, -0.15) is 26.3 Å². The van der Waals surface area contributed by atoms with Crippen molar-refractivity contribution in [2.75, 3.05) is 5.32 Å². The molecule has 13 heteroatoms. The molecular weight excluding hydrogens is 527 g/mol. The van der Waals surface area contributed by atoms with E-state index >= 15 is 0 Å². The Balaban J connectivity index is 1.75. The first-order chi connectivity index (χ1) is 16.7. The normalized spacial score (nSPS) is 12.3. The first kappa shape index (κ1) is 25.4. The Bertz CT molecular complexity index is 1490. The molecule has 1 N–H and O–H groups in total. The van der Waals surface area contributed by atoms with Gasteiger partial charge in [0.25, 0.3) is 5.91 Å². The van der Waals surface area contributed by atoms with Crippen LogP contribution in [0.1, 0.15) is 21.5 Å². The van der Waals surface area contributed by atoms with Crippen molar-refractivity contribution in [3.63, 3.8) is 0 Å². The summed E-state index contributed by atoms with van der Waals surface area (Å²) in [6.07, 6.45) is -9.80. The van der Waals surface area contributed by atoms with Gasteiger partial charge in [-0.1, -0.05) is 23.7 Å². The van der Waals surface area contributed by atoms with Crippen LogP contribution in [0.3, 0.4) is 0 Å². The van der Waals surface area contributed by atoms with Crippen LogP contribution in [0, 0.1) is 17.5 Å². The summed E-state index contributed by atoms with van der Waals surface area (Å²) in [5.74, 6) is -5.48. The highest BCUT2D eigenvalue weighted by Crippen LogP contribution is 2.42. The predicted octanol–water partition coefficient (Wildman–Crippen LogP) is 7.97. The molecule has 36 heavy (non-hydrogen) atoms. The number of hydrogen-bond donors (Lipinski definition) is 1. The van der Waals surface area contributed by atoms with E-state index in [2.05, 4.69) is 5.32 Å². The molecule has 1 amide bonds. The molecule has 4 aromatic rings. The standard InChI is InChI=1S/C23H10ClF9N2O/c24-19-6-11(22(28,29)30)5-13-7-15(23(31,32)33)20(35(13)19)10-1-3-12(4-2-10)34-21(36)14-8-17(26)18(27)9-16(14)25/h1-9H,(H,34,36). The lowest BCUT2D eigenvalue weighted by molar-refractivity contribution is -0.138. The van der Waals surface area contributed by atoms with Gasteiger partial charge in [0.2, 0.25) is 0 Å². The Hall–Kier alpha value is -3.67. The molecular formula is C23H10ClF9N2O. The van der Waals surface area contributed by atoms with Crippen molar-refractivity contribution in [1.29, 1.82) is 0 Å². The molecule has 2 aromatic heterocycles. The molecule has 2 heterocycles. The molecule has 2 aromatic carbocycles. The number of nitrogens with one attached hydrogen (secondary N) is 1. The number of anilines is 1. The van der Waals surface area contributed by atoms with Crippen LogP contribution in [-0.2, 0) is 12.4 Å². The summed E-state index contributed by atoms with van der Waals surface area (Å²) in [7, 11) is 0. The smallest absolute Gasteiger partial charge is 0.322 e. The van der Waals surface area contributed by atoms with Crippen molar-refractivity contribution in [2.45, 2.75) is 12.4 Å². The zero-order valence-corrected chi connectivity index (χ0v) is 18.1. The van der Waals surface area contributed by atoms with E-state index in [1.807, 2.05) is 0 Å². The van der Waals surface area contributed by atoms with Gasteiger partial charge in [-0.25, -0.2) is 13.2 Å². The fraction of sp³-hybridized carbons (Fsp3) is 0.0870. The van der Waals surface area contributed by atoms with Crippen molar-refractivity contribution in [3.05, 3.63) is 93.9 Å². The lowest BCUT2D eigenvalue weighted by atomic mass is 10.1. The summed E-state index contributed by atoms with van der Waals surface area (Å²) >= 11 is 5.94. The number of carbonyl (C=O) groups is 1. The molecule has 0 atom stereocenters. The van der Waals surface area contributed by atoms with E-state index in [0.717, 1.165) is 28.7 Å². The van der Waals surface area contributed by atoms with E-state index in [-0.39, 0.29) is 17.3 Å². The quantitative estimate of drug-likeness (QED) is 0.161. The Morgan fingerprint density at radius 2 is 1.39 bits per heavy atom. The summed E-state index contributed by atoms with van der Waals surface area (Å²) in [5.41, 5.74) is -4.50. The zero-order chi connectivity index (χ0) is 26.6. The maximum Gasteiger partial charge on any atom is 0.418 e. The van der Waals surface area contributed by atoms with Crippen LogP contribution in [0.5, 0.6) is 0 Å². The van der Waals surface area contributed by atoms with Crippen molar-refractivity contribution in [2.24, 2.45) is 0 Å². The summed E-state index contributed by atoms with van der Waals surface area (Å²) in [6.45, 7) is 0. The van der Waals surface area contributed by atoms with Gasteiger partial charge in [0.05, 0.1) is 22.4 Å². The number of rotatable bonds is 3. The molecule has 0 spiro atoms. The third-order valence-corrected chi connectivity index (χ3v) is 5.40. The van der Waals surface area contributed by atoms with Gasteiger partial charge < -0.3 is 5.32 Å². The van der Waals surface area contributed by atoms with Crippen LogP contribution in [0.25, 0.3) is 16.8 Å². The van der Waals surface area contributed by atoms with E-state index in [1.165, 1.54) is 0 Å². The SMILES string of the molecule is O=C(Nc1ccc(-c2c(C(F)(F)F)cc3cc(C(F)(F)F)cc(Cl)n23)cc1)c1cc(F)c(F)cc1F. The summed E-state index contributed by atoms with van der Waals surface area (Å²) in [6, 6.07) is 6.54. The Kier molecular flexibility index (Phi) is 6.19. The molecule has 4 rings (SSSR count). The minimum Gasteiger partial charge on any atom is -0.322 e. The van der Waals surface area contributed by atoms with Crippen molar-refractivity contribution in [1.82, 2.24) is 4.40 Å². The molecule has 0 radical (unpaired) electrons. The van der Waals surface area contributed by atoms with Gasteiger partial charge >= 0.3 is 12.4 Å². The summed E-state index contributed by atoms with van der Waals surface area (Å²) in [4.78, 5) is 12.2. The number of nitrogens with zero attached hydrogens (tertiary/aromatic N) is 1. The Morgan fingerprint density at radius 3 is 1.97 bits per heavy atom. The van der Waals surface area contributed by atoms with E-state index in [9.17, 15) is 44.3 Å². The van der Waals surface area contributed by atoms with Gasteiger partial charge in [0.15, 0.2) is 11.6 Å². The molecule has 0 aliphatic heterocycles. The fourth-order valence-corrected chi connectivity index (χ4v) is 3.83. The molecule has 0 aliphatic rings. The number of carbonyl (C=O) groups excluding carboxylic acids is 1. The number of amides is 1. The van der Waals surface area contributed by atoms with E-state index in [1.54, 1.807) is 0 Å². The Labute approximate surface area is 200 Å². The highest BCUT2D eigenvalue weighted by molar-refractivity contribution is 6.30. The summed E-state index contributed by atoms with van der Waals surface area (Å²) < 4.78 is 122. The second-order valence-electron chi connectivity index (χ2n) is 7.51. The molecule has 0 unspecified atom stereocenters. The monoisotopic (exact) mass is 536 g/mol. The van der Waals surface area contributed by atoms with Crippen LogP contribution in [0.15, 0.2) is 54.6 Å². The molecule has 0 saturated heterocycles. The minimum absolute atomic E-state index is 0.0484. The first-order valence-corrected chi connectivity index (χ1v) is 10.1. The average molecular weight is 537 g/mol. The zero-order valence-electron chi connectivity index (χ0n) is 17.3. The van der Waals surface area contributed by atoms with Crippen LogP contribution >= 0.6 is 11.6 Å². The van der Waals surface area contributed by atoms with E-state index in [0.29, 0.717) is 24.3 Å². The van der Waals surface area contributed by atoms with E-state index < -0.39 is 68.8 Å². The van der Waals surface area contributed by atoms with Crippen LogP contribution in [0.2, 0.25) is 5.15 Å². The van der Waals surface area contributed by atoms with Gasteiger partial charge in [0.1, 0.15) is 11.0 Å².